The van der Waals surface area contributed by atoms with Crippen LogP contribution >= 0.6 is 0 Å². The van der Waals surface area contributed by atoms with Crippen LogP contribution in [0.15, 0.2) is 18.2 Å². The molecule has 2 aliphatic rings. The predicted molar refractivity (Wildman–Crippen MR) is 95.2 cm³/mol. The third kappa shape index (κ3) is 4.77. The Bertz CT molecular complexity index is 585. The van der Waals surface area contributed by atoms with Crippen LogP contribution in [-0.2, 0) is 20.8 Å². The Morgan fingerprint density at radius 1 is 1.40 bits per heavy atom. The minimum atomic E-state index is -0.304. The molecule has 0 aliphatic carbocycles. The van der Waals surface area contributed by atoms with E-state index in [-0.39, 0.29) is 17.6 Å². The van der Waals surface area contributed by atoms with Gasteiger partial charge in [0.05, 0.1) is 17.9 Å². The van der Waals surface area contributed by atoms with Crippen molar-refractivity contribution in [1.29, 1.82) is 0 Å². The van der Waals surface area contributed by atoms with Gasteiger partial charge in [-0.3, -0.25) is 14.7 Å². The predicted octanol–water partition coefficient (Wildman–Crippen LogP) is 1.67. The fourth-order valence-corrected chi connectivity index (χ4v) is 3.79. The summed E-state index contributed by atoms with van der Waals surface area (Å²) < 4.78 is 11.2. The van der Waals surface area contributed by atoms with Gasteiger partial charge in [0.2, 0.25) is 5.91 Å². The van der Waals surface area contributed by atoms with Gasteiger partial charge in [0.15, 0.2) is 0 Å². The van der Waals surface area contributed by atoms with E-state index in [0.717, 1.165) is 56.7 Å². The number of methoxy groups -OCH3 is 1. The van der Waals surface area contributed by atoms with Crippen LogP contribution in [0.25, 0.3) is 0 Å². The first-order valence-corrected chi connectivity index (χ1v) is 9.20. The summed E-state index contributed by atoms with van der Waals surface area (Å²) in [5, 5.41) is 2.89. The number of carbonyl (C=O) groups is 1. The largest absolute Gasteiger partial charge is 0.383 e. The molecule has 0 saturated carbocycles. The summed E-state index contributed by atoms with van der Waals surface area (Å²) in [6.07, 6.45) is 3.47. The molecule has 2 fully saturated rings. The Kier molecular flexibility index (Phi) is 6.04. The molecule has 1 unspecified atom stereocenters. The highest BCUT2D eigenvalue weighted by Crippen LogP contribution is 2.39. The van der Waals surface area contributed by atoms with Gasteiger partial charge >= 0.3 is 0 Å². The van der Waals surface area contributed by atoms with Gasteiger partial charge in [-0.2, -0.15) is 0 Å². The van der Waals surface area contributed by atoms with Crippen LogP contribution in [0.5, 0.6) is 0 Å². The van der Waals surface area contributed by atoms with Gasteiger partial charge < -0.3 is 14.8 Å². The van der Waals surface area contributed by atoms with Crippen LogP contribution in [0.3, 0.4) is 0 Å². The van der Waals surface area contributed by atoms with E-state index < -0.39 is 0 Å². The molecule has 3 heterocycles. The lowest BCUT2D eigenvalue weighted by molar-refractivity contribution is -0.141. The number of aryl methyl sites for hydroxylation is 1. The second-order valence-electron chi connectivity index (χ2n) is 7.16. The Morgan fingerprint density at radius 2 is 2.20 bits per heavy atom. The average molecular weight is 347 g/mol. The Hall–Kier alpha value is -1.50. The minimum Gasteiger partial charge on any atom is -0.383 e. The van der Waals surface area contributed by atoms with E-state index in [1.165, 1.54) is 0 Å². The van der Waals surface area contributed by atoms with E-state index in [1.807, 2.05) is 13.0 Å². The average Bonchev–Trinajstić information content (AvgIpc) is 3.01. The number of nitrogens with one attached hydrogen (secondary N) is 1. The van der Waals surface area contributed by atoms with Crippen molar-refractivity contribution < 1.29 is 14.3 Å². The quantitative estimate of drug-likeness (QED) is 0.793. The standard InChI is InChI=1S/C19H29N3O3/c1-15-4-3-5-16(21-15)14-22-11-8-19(9-12-22)7-6-17(25-19)18(23)20-10-13-24-2/h3-5,17H,6-14H2,1-2H3,(H,20,23). The number of hydrogen-bond donors (Lipinski definition) is 1. The molecule has 1 N–H and O–H groups in total. The van der Waals surface area contributed by atoms with Gasteiger partial charge in [-0.05, 0) is 44.7 Å². The normalized spacial score (nSPS) is 23.0. The fourth-order valence-electron chi connectivity index (χ4n) is 3.79. The maximum Gasteiger partial charge on any atom is 0.249 e. The number of carbonyl (C=O) groups excluding carboxylic acids is 1. The summed E-state index contributed by atoms with van der Waals surface area (Å²) in [6, 6.07) is 6.18. The molecular weight excluding hydrogens is 318 g/mol. The van der Waals surface area contributed by atoms with Crippen LogP contribution in [0.4, 0.5) is 0 Å². The van der Waals surface area contributed by atoms with Crippen molar-refractivity contribution in [3.63, 3.8) is 0 Å². The molecule has 6 nitrogen and oxygen atoms in total. The molecule has 1 aromatic rings. The highest BCUT2D eigenvalue weighted by atomic mass is 16.5. The molecule has 1 atom stereocenters. The monoisotopic (exact) mass is 347 g/mol. The zero-order valence-electron chi connectivity index (χ0n) is 15.3. The molecule has 0 radical (unpaired) electrons. The Balaban J connectivity index is 1.46. The highest BCUT2D eigenvalue weighted by Gasteiger charge is 2.44. The molecule has 138 valence electrons. The second kappa shape index (κ2) is 8.25. The Labute approximate surface area is 149 Å². The number of pyridine rings is 1. The summed E-state index contributed by atoms with van der Waals surface area (Å²) in [7, 11) is 1.63. The lowest BCUT2D eigenvalue weighted by Crippen LogP contribution is -2.45. The maximum absolute atomic E-state index is 12.2. The van der Waals surface area contributed by atoms with Crippen molar-refractivity contribution in [2.24, 2.45) is 0 Å². The van der Waals surface area contributed by atoms with Crippen LogP contribution in [0, 0.1) is 6.92 Å². The van der Waals surface area contributed by atoms with E-state index >= 15 is 0 Å². The van der Waals surface area contributed by atoms with E-state index in [0.29, 0.717) is 13.2 Å². The van der Waals surface area contributed by atoms with Crippen LogP contribution in [0.2, 0.25) is 0 Å². The lowest BCUT2D eigenvalue weighted by atomic mass is 9.88. The number of likely N-dealkylation sites (tertiary alicyclic amines) is 1. The number of ether oxygens (including phenoxy) is 2. The summed E-state index contributed by atoms with van der Waals surface area (Å²) in [5.74, 6) is 0.000292. The van der Waals surface area contributed by atoms with Crippen molar-refractivity contribution in [2.45, 2.75) is 50.9 Å². The first-order valence-electron chi connectivity index (χ1n) is 9.20. The third-order valence-corrected chi connectivity index (χ3v) is 5.25. The molecule has 1 spiro atoms. The van der Waals surface area contributed by atoms with Gasteiger partial charge in [-0.15, -0.1) is 0 Å². The van der Waals surface area contributed by atoms with Crippen LogP contribution in [0.1, 0.15) is 37.1 Å². The second-order valence-corrected chi connectivity index (χ2v) is 7.16. The first kappa shape index (κ1) is 18.3. The number of hydrogen-bond acceptors (Lipinski definition) is 5. The van der Waals surface area contributed by atoms with E-state index in [4.69, 9.17) is 9.47 Å². The summed E-state index contributed by atoms with van der Waals surface area (Å²) in [5.41, 5.74) is 2.07. The molecule has 1 amide bonds. The van der Waals surface area contributed by atoms with E-state index in [1.54, 1.807) is 7.11 Å². The Morgan fingerprint density at radius 3 is 2.92 bits per heavy atom. The molecular formula is C19H29N3O3. The molecule has 25 heavy (non-hydrogen) atoms. The van der Waals surface area contributed by atoms with Crippen molar-refractivity contribution in [2.75, 3.05) is 33.4 Å². The maximum atomic E-state index is 12.2. The lowest BCUT2D eigenvalue weighted by Gasteiger charge is -2.39. The van der Waals surface area contributed by atoms with Gasteiger partial charge in [-0.25, -0.2) is 0 Å². The van der Waals surface area contributed by atoms with Crippen molar-refractivity contribution in [1.82, 2.24) is 15.2 Å². The molecule has 3 rings (SSSR count). The van der Waals surface area contributed by atoms with Crippen molar-refractivity contribution in [3.05, 3.63) is 29.6 Å². The number of rotatable bonds is 6. The van der Waals surface area contributed by atoms with Crippen LogP contribution < -0.4 is 5.32 Å². The zero-order chi connectivity index (χ0) is 17.7. The number of amides is 1. The van der Waals surface area contributed by atoms with Crippen molar-refractivity contribution in [3.8, 4) is 0 Å². The van der Waals surface area contributed by atoms with Gasteiger partial charge in [-0.1, -0.05) is 6.07 Å². The number of nitrogens with zero attached hydrogens (tertiary/aromatic N) is 2. The third-order valence-electron chi connectivity index (χ3n) is 5.25. The topological polar surface area (TPSA) is 63.7 Å². The molecule has 2 aliphatic heterocycles. The number of aromatic nitrogens is 1. The molecule has 0 aromatic carbocycles. The van der Waals surface area contributed by atoms with E-state index in [9.17, 15) is 4.79 Å². The highest BCUT2D eigenvalue weighted by molar-refractivity contribution is 5.81. The van der Waals surface area contributed by atoms with Crippen molar-refractivity contribution >= 4 is 5.91 Å². The molecule has 1 aromatic heterocycles. The molecule has 6 heteroatoms. The summed E-state index contributed by atoms with van der Waals surface area (Å²) >= 11 is 0. The smallest absolute Gasteiger partial charge is 0.249 e. The number of piperidine rings is 1. The zero-order valence-corrected chi connectivity index (χ0v) is 15.3. The first-order chi connectivity index (χ1) is 12.1. The van der Waals surface area contributed by atoms with E-state index in [2.05, 4.69) is 27.3 Å². The fraction of sp³-hybridized carbons (Fsp3) is 0.684. The molecule has 2 saturated heterocycles. The summed E-state index contributed by atoms with van der Waals surface area (Å²) in [4.78, 5) is 19.2. The van der Waals surface area contributed by atoms with Gasteiger partial charge in [0.1, 0.15) is 6.10 Å². The van der Waals surface area contributed by atoms with Crippen LogP contribution in [-0.4, -0.2) is 60.8 Å². The summed E-state index contributed by atoms with van der Waals surface area (Å²) in [6.45, 7) is 5.98. The minimum absolute atomic E-state index is 0.000292. The molecule has 0 bridgehead atoms. The van der Waals surface area contributed by atoms with Gasteiger partial charge in [0, 0.05) is 39.0 Å². The SMILES string of the molecule is COCCNC(=O)C1CCC2(CCN(Cc3cccc(C)n3)CC2)O1. The van der Waals surface area contributed by atoms with Gasteiger partial charge in [0.25, 0.3) is 0 Å².